The summed E-state index contributed by atoms with van der Waals surface area (Å²) in [7, 11) is 1.42. The summed E-state index contributed by atoms with van der Waals surface area (Å²) in [5.41, 5.74) is 0.118. The highest BCUT2D eigenvalue weighted by Crippen LogP contribution is 2.16. The smallest absolute Gasteiger partial charge is 0.325 e. The van der Waals surface area contributed by atoms with Crippen LogP contribution in [0.1, 0.15) is 17.4 Å². The fourth-order valence-electron chi connectivity index (χ4n) is 1.80. The Labute approximate surface area is 121 Å². The third kappa shape index (κ3) is 3.91. The Bertz CT molecular complexity index is 564. The van der Waals surface area contributed by atoms with Crippen LogP contribution >= 0.6 is 0 Å². The molecule has 0 N–H and O–H groups in total. The maximum atomic E-state index is 12.4. The Hall–Kier alpha value is -2.64. The molecular weight excluding hydrogens is 278 g/mol. The molecule has 1 amide bonds. The van der Waals surface area contributed by atoms with E-state index in [1.54, 1.807) is 6.92 Å². The van der Waals surface area contributed by atoms with E-state index >= 15 is 0 Å². The minimum atomic E-state index is -0.583. The molecule has 0 saturated carbocycles. The van der Waals surface area contributed by atoms with Gasteiger partial charge in [-0.3, -0.25) is 9.59 Å². The zero-order valence-corrected chi connectivity index (χ0v) is 11.9. The number of amides is 1. The standard InChI is InChI=1S/C13H17N3O5/c1-4-8-15(9-12(17)21-5-2)13(18)10-6-7-11(14(10)3)16(19)20/h4,6-7H,1,5,8-9H2,2-3H3. The zero-order valence-electron chi connectivity index (χ0n) is 11.9. The van der Waals surface area contributed by atoms with E-state index in [-0.39, 0.29) is 31.2 Å². The predicted molar refractivity (Wildman–Crippen MR) is 74.8 cm³/mol. The van der Waals surface area contributed by atoms with E-state index in [0.717, 1.165) is 0 Å². The Balaban J connectivity index is 2.98. The lowest BCUT2D eigenvalue weighted by Crippen LogP contribution is -2.37. The molecule has 0 saturated heterocycles. The van der Waals surface area contributed by atoms with E-state index in [1.807, 2.05) is 0 Å². The fourth-order valence-corrected chi connectivity index (χ4v) is 1.80. The van der Waals surface area contributed by atoms with Gasteiger partial charge < -0.3 is 19.8 Å². The van der Waals surface area contributed by atoms with Crippen molar-refractivity contribution in [1.29, 1.82) is 0 Å². The number of hydrogen-bond acceptors (Lipinski definition) is 5. The molecule has 0 bridgehead atoms. The minimum absolute atomic E-state index is 0.118. The van der Waals surface area contributed by atoms with Crippen LogP contribution in [0.2, 0.25) is 0 Å². The average Bonchev–Trinajstić information content (AvgIpc) is 2.79. The van der Waals surface area contributed by atoms with Gasteiger partial charge in [-0.1, -0.05) is 6.08 Å². The topological polar surface area (TPSA) is 94.7 Å². The van der Waals surface area contributed by atoms with E-state index in [1.165, 1.54) is 34.7 Å². The lowest BCUT2D eigenvalue weighted by molar-refractivity contribution is -0.391. The fraction of sp³-hybridized carbons (Fsp3) is 0.385. The van der Waals surface area contributed by atoms with E-state index < -0.39 is 16.8 Å². The van der Waals surface area contributed by atoms with Gasteiger partial charge in [0.05, 0.1) is 13.7 Å². The minimum Gasteiger partial charge on any atom is -0.465 e. The van der Waals surface area contributed by atoms with Crippen molar-refractivity contribution in [3.63, 3.8) is 0 Å². The molecule has 1 aromatic heterocycles. The second-order valence-electron chi connectivity index (χ2n) is 4.17. The van der Waals surface area contributed by atoms with Gasteiger partial charge in [0.1, 0.15) is 6.54 Å². The van der Waals surface area contributed by atoms with Crippen molar-refractivity contribution in [2.24, 2.45) is 7.05 Å². The van der Waals surface area contributed by atoms with Gasteiger partial charge >= 0.3 is 11.8 Å². The molecule has 114 valence electrons. The average molecular weight is 295 g/mol. The Morgan fingerprint density at radius 1 is 1.52 bits per heavy atom. The number of aromatic nitrogens is 1. The Morgan fingerprint density at radius 2 is 2.19 bits per heavy atom. The summed E-state index contributed by atoms with van der Waals surface area (Å²) in [4.78, 5) is 35.3. The second kappa shape index (κ2) is 7.22. The summed E-state index contributed by atoms with van der Waals surface area (Å²) < 4.78 is 5.97. The number of esters is 1. The Kier molecular flexibility index (Phi) is 5.65. The molecule has 0 aliphatic carbocycles. The highest BCUT2D eigenvalue weighted by Gasteiger charge is 2.26. The van der Waals surface area contributed by atoms with Gasteiger partial charge in [-0.25, -0.2) is 4.57 Å². The van der Waals surface area contributed by atoms with Crippen molar-refractivity contribution in [2.75, 3.05) is 19.7 Å². The molecular formula is C13H17N3O5. The van der Waals surface area contributed by atoms with Crippen molar-refractivity contribution in [2.45, 2.75) is 6.92 Å². The SMILES string of the molecule is C=CCN(CC(=O)OCC)C(=O)c1ccc([N+](=O)[O-])n1C. The lowest BCUT2D eigenvalue weighted by atomic mass is 10.3. The maximum Gasteiger partial charge on any atom is 0.325 e. The first-order chi connectivity index (χ1) is 9.92. The number of carbonyl (C=O) groups is 2. The van der Waals surface area contributed by atoms with E-state index in [9.17, 15) is 19.7 Å². The van der Waals surface area contributed by atoms with Gasteiger partial charge in [0.25, 0.3) is 5.91 Å². The highest BCUT2D eigenvalue weighted by molar-refractivity contribution is 5.95. The quantitative estimate of drug-likeness (QED) is 0.325. The normalized spacial score (nSPS) is 10.0. The zero-order chi connectivity index (χ0) is 16.0. The van der Waals surface area contributed by atoms with Crippen LogP contribution in [0.25, 0.3) is 0 Å². The van der Waals surface area contributed by atoms with Crippen LogP contribution in [0.4, 0.5) is 5.82 Å². The number of nitrogens with zero attached hydrogens (tertiary/aromatic N) is 3. The Morgan fingerprint density at radius 3 is 2.67 bits per heavy atom. The number of carbonyl (C=O) groups excluding carboxylic acids is 2. The third-order valence-electron chi connectivity index (χ3n) is 2.76. The molecule has 1 aromatic rings. The van der Waals surface area contributed by atoms with Gasteiger partial charge in [0.2, 0.25) is 0 Å². The number of nitro groups is 1. The molecule has 1 rings (SSSR count). The first kappa shape index (κ1) is 16.4. The first-order valence-corrected chi connectivity index (χ1v) is 6.28. The van der Waals surface area contributed by atoms with Crippen molar-refractivity contribution in [3.05, 3.63) is 40.6 Å². The molecule has 0 aliphatic rings. The van der Waals surface area contributed by atoms with Gasteiger partial charge in [-0.2, -0.15) is 0 Å². The van der Waals surface area contributed by atoms with Crippen LogP contribution in [0.3, 0.4) is 0 Å². The van der Waals surface area contributed by atoms with E-state index in [2.05, 4.69) is 6.58 Å². The monoisotopic (exact) mass is 295 g/mol. The highest BCUT2D eigenvalue weighted by atomic mass is 16.6. The molecule has 0 aliphatic heterocycles. The van der Waals surface area contributed by atoms with Crippen LogP contribution in [0, 0.1) is 10.1 Å². The first-order valence-electron chi connectivity index (χ1n) is 6.28. The van der Waals surface area contributed by atoms with Crippen LogP contribution in [-0.4, -0.2) is 46.0 Å². The van der Waals surface area contributed by atoms with Crippen LogP contribution in [0.15, 0.2) is 24.8 Å². The number of ether oxygens (including phenoxy) is 1. The molecule has 0 aromatic carbocycles. The summed E-state index contributed by atoms with van der Waals surface area (Å²) in [6.45, 7) is 5.30. The van der Waals surface area contributed by atoms with Gasteiger partial charge in [-0.05, 0) is 17.9 Å². The summed E-state index contributed by atoms with van der Waals surface area (Å²) in [6, 6.07) is 2.59. The maximum absolute atomic E-state index is 12.4. The molecule has 21 heavy (non-hydrogen) atoms. The van der Waals surface area contributed by atoms with Gasteiger partial charge in [0.15, 0.2) is 5.69 Å². The molecule has 0 fully saturated rings. The molecule has 0 atom stereocenters. The number of rotatable bonds is 7. The molecule has 0 unspecified atom stereocenters. The predicted octanol–water partition coefficient (Wildman–Crippen LogP) is 1.12. The van der Waals surface area contributed by atoms with E-state index in [4.69, 9.17) is 4.74 Å². The van der Waals surface area contributed by atoms with Crippen LogP contribution < -0.4 is 0 Å². The van der Waals surface area contributed by atoms with Gasteiger partial charge in [0, 0.05) is 12.6 Å². The summed E-state index contributed by atoms with van der Waals surface area (Å²) in [5, 5.41) is 10.8. The van der Waals surface area contributed by atoms with Crippen LogP contribution in [0.5, 0.6) is 0 Å². The summed E-state index contributed by atoms with van der Waals surface area (Å²) >= 11 is 0. The van der Waals surface area contributed by atoms with Gasteiger partial charge in [-0.15, -0.1) is 6.58 Å². The lowest BCUT2D eigenvalue weighted by Gasteiger charge is -2.18. The molecule has 8 heteroatoms. The number of hydrogen-bond donors (Lipinski definition) is 0. The third-order valence-corrected chi connectivity index (χ3v) is 2.76. The molecule has 0 spiro atoms. The largest absolute Gasteiger partial charge is 0.465 e. The summed E-state index contributed by atoms with van der Waals surface area (Å²) in [5.74, 6) is -1.25. The van der Waals surface area contributed by atoms with Crippen molar-refractivity contribution in [1.82, 2.24) is 9.47 Å². The molecule has 1 heterocycles. The van der Waals surface area contributed by atoms with Crippen LogP contribution in [-0.2, 0) is 16.6 Å². The van der Waals surface area contributed by atoms with Crippen molar-refractivity contribution < 1.29 is 19.2 Å². The van der Waals surface area contributed by atoms with E-state index in [0.29, 0.717) is 0 Å². The molecule has 8 nitrogen and oxygen atoms in total. The second-order valence-corrected chi connectivity index (χ2v) is 4.17. The van der Waals surface area contributed by atoms with Crippen molar-refractivity contribution >= 4 is 17.7 Å². The van der Waals surface area contributed by atoms with Crippen molar-refractivity contribution in [3.8, 4) is 0 Å². The molecule has 0 radical (unpaired) electrons. The summed E-state index contributed by atoms with van der Waals surface area (Å²) in [6.07, 6.45) is 1.47.